The van der Waals surface area contributed by atoms with Crippen LogP contribution >= 0.6 is 11.6 Å². The number of carbonyl (C=O) groups excluding carboxylic acids is 1. The van der Waals surface area contributed by atoms with Gasteiger partial charge in [0.25, 0.3) is 11.6 Å². The lowest BCUT2D eigenvalue weighted by atomic mass is 10.1. The molecule has 5 rings (SSSR count). The van der Waals surface area contributed by atoms with Crippen LogP contribution in [0.4, 0.5) is 17.1 Å². The molecular formula is C25H23ClN6O3. The number of carbonyl (C=O) groups is 1. The summed E-state index contributed by atoms with van der Waals surface area (Å²) in [5.41, 5.74) is 4.13. The number of nitro groups is 1. The molecule has 3 aromatic carbocycles. The Hall–Kier alpha value is -3.98. The molecule has 35 heavy (non-hydrogen) atoms. The van der Waals surface area contributed by atoms with Gasteiger partial charge in [-0.1, -0.05) is 11.6 Å². The van der Waals surface area contributed by atoms with E-state index >= 15 is 0 Å². The van der Waals surface area contributed by atoms with Crippen LogP contribution in [-0.2, 0) is 0 Å². The SMILES string of the molecule is Cc1cc2nn(-c3ccc(Cl)cc3)nc2cc1NC(=O)c1ccc(N2CCCCC2)c([N+](=O)[O-])c1. The second-order valence-corrected chi connectivity index (χ2v) is 9.02. The minimum atomic E-state index is -0.425. The highest BCUT2D eigenvalue weighted by Gasteiger charge is 2.23. The number of amides is 1. The lowest BCUT2D eigenvalue weighted by Crippen LogP contribution is -2.30. The highest BCUT2D eigenvalue weighted by Crippen LogP contribution is 2.32. The third-order valence-corrected chi connectivity index (χ3v) is 6.42. The van der Waals surface area contributed by atoms with Crippen molar-refractivity contribution in [2.24, 2.45) is 0 Å². The summed E-state index contributed by atoms with van der Waals surface area (Å²) in [6.45, 7) is 3.42. The van der Waals surface area contributed by atoms with E-state index < -0.39 is 10.8 Å². The molecule has 0 spiro atoms. The maximum absolute atomic E-state index is 13.0. The summed E-state index contributed by atoms with van der Waals surface area (Å²) in [6, 6.07) is 15.4. The van der Waals surface area contributed by atoms with Crippen LogP contribution in [0.25, 0.3) is 16.7 Å². The number of rotatable bonds is 5. The number of fused-ring (bicyclic) bond motifs is 1. The highest BCUT2D eigenvalue weighted by atomic mass is 35.5. The smallest absolute Gasteiger partial charge is 0.293 e. The van der Waals surface area contributed by atoms with Gasteiger partial charge < -0.3 is 10.2 Å². The second-order valence-electron chi connectivity index (χ2n) is 8.58. The fourth-order valence-corrected chi connectivity index (χ4v) is 4.43. The van der Waals surface area contributed by atoms with Crippen LogP contribution in [0.3, 0.4) is 0 Å². The van der Waals surface area contributed by atoms with E-state index in [9.17, 15) is 14.9 Å². The molecule has 1 N–H and O–H groups in total. The van der Waals surface area contributed by atoms with Gasteiger partial charge in [0, 0.05) is 35.4 Å². The molecule has 1 aliphatic heterocycles. The first-order valence-electron chi connectivity index (χ1n) is 11.4. The number of aromatic nitrogens is 3. The summed E-state index contributed by atoms with van der Waals surface area (Å²) >= 11 is 5.96. The number of halogens is 1. The summed E-state index contributed by atoms with van der Waals surface area (Å²) in [4.78, 5) is 27.9. The van der Waals surface area contributed by atoms with E-state index in [2.05, 4.69) is 15.5 Å². The Morgan fingerprint density at radius 2 is 1.69 bits per heavy atom. The van der Waals surface area contributed by atoms with E-state index in [1.54, 1.807) is 30.3 Å². The van der Waals surface area contributed by atoms with E-state index in [0.29, 0.717) is 27.4 Å². The van der Waals surface area contributed by atoms with Crippen molar-refractivity contribution in [1.82, 2.24) is 15.0 Å². The lowest BCUT2D eigenvalue weighted by Gasteiger charge is -2.28. The number of piperidine rings is 1. The Morgan fingerprint density at radius 3 is 2.37 bits per heavy atom. The van der Waals surface area contributed by atoms with Gasteiger partial charge in [0.15, 0.2) is 0 Å². The zero-order valence-corrected chi connectivity index (χ0v) is 19.8. The summed E-state index contributed by atoms with van der Waals surface area (Å²) in [5, 5.41) is 24.3. The fourth-order valence-electron chi connectivity index (χ4n) is 4.30. The van der Waals surface area contributed by atoms with Crippen LogP contribution in [0.5, 0.6) is 0 Å². The van der Waals surface area contributed by atoms with Gasteiger partial charge in [0.2, 0.25) is 0 Å². The van der Waals surface area contributed by atoms with E-state index in [-0.39, 0.29) is 11.3 Å². The molecule has 1 fully saturated rings. The number of nitro benzene ring substituents is 1. The molecule has 0 aliphatic carbocycles. The van der Waals surface area contributed by atoms with Crippen molar-refractivity contribution in [3.05, 3.63) is 80.9 Å². The van der Waals surface area contributed by atoms with Crippen LogP contribution < -0.4 is 10.2 Å². The molecule has 4 aromatic rings. The van der Waals surface area contributed by atoms with Crippen LogP contribution in [-0.4, -0.2) is 38.9 Å². The van der Waals surface area contributed by atoms with Gasteiger partial charge in [-0.25, -0.2) is 0 Å². The van der Waals surface area contributed by atoms with Gasteiger partial charge in [-0.3, -0.25) is 14.9 Å². The summed E-state index contributed by atoms with van der Waals surface area (Å²) in [5.74, 6) is -0.425. The van der Waals surface area contributed by atoms with Crippen LogP contribution in [0.2, 0.25) is 5.02 Å². The summed E-state index contributed by atoms with van der Waals surface area (Å²) in [6.07, 6.45) is 3.13. The minimum absolute atomic E-state index is 0.0577. The van der Waals surface area contributed by atoms with Gasteiger partial charge in [-0.05, 0) is 80.3 Å². The zero-order chi connectivity index (χ0) is 24.5. The van der Waals surface area contributed by atoms with E-state index in [0.717, 1.165) is 43.6 Å². The van der Waals surface area contributed by atoms with Crippen LogP contribution in [0, 0.1) is 17.0 Å². The van der Waals surface area contributed by atoms with Gasteiger partial charge in [0.1, 0.15) is 16.7 Å². The van der Waals surface area contributed by atoms with Crippen molar-refractivity contribution in [2.75, 3.05) is 23.3 Å². The van der Waals surface area contributed by atoms with Crippen molar-refractivity contribution in [1.29, 1.82) is 0 Å². The largest absolute Gasteiger partial charge is 0.366 e. The Morgan fingerprint density at radius 1 is 1.00 bits per heavy atom. The number of nitrogens with one attached hydrogen (secondary N) is 1. The molecule has 1 saturated heterocycles. The molecule has 178 valence electrons. The average molecular weight is 491 g/mol. The molecule has 0 atom stereocenters. The van der Waals surface area contributed by atoms with Crippen molar-refractivity contribution < 1.29 is 9.72 Å². The fraction of sp³-hybridized carbons (Fsp3) is 0.240. The Balaban J connectivity index is 1.41. The average Bonchev–Trinajstić information content (AvgIpc) is 3.27. The highest BCUT2D eigenvalue weighted by molar-refractivity contribution is 6.30. The number of benzene rings is 3. The molecule has 0 saturated carbocycles. The quantitative estimate of drug-likeness (QED) is 0.291. The zero-order valence-electron chi connectivity index (χ0n) is 19.1. The predicted octanol–water partition coefficient (Wildman–Crippen LogP) is 5.53. The third kappa shape index (κ3) is 4.67. The first kappa shape index (κ1) is 22.8. The number of hydrogen-bond donors (Lipinski definition) is 1. The Bertz CT molecular complexity index is 1430. The van der Waals surface area contributed by atoms with Gasteiger partial charge >= 0.3 is 0 Å². The Kier molecular flexibility index (Phi) is 6.08. The molecule has 2 heterocycles. The molecule has 1 aromatic heterocycles. The first-order valence-corrected chi connectivity index (χ1v) is 11.8. The maximum Gasteiger partial charge on any atom is 0.293 e. The van der Waals surface area contributed by atoms with Crippen molar-refractivity contribution in [2.45, 2.75) is 26.2 Å². The number of nitrogens with zero attached hydrogens (tertiary/aromatic N) is 5. The normalized spacial score (nSPS) is 13.7. The summed E-state index contributed by atoms with van der Waals surface area (Å²) in [7, 11) is 0. The molecule has 10 heteroatoms. The number of hydrogen-bond acceptors (Lipinski definition) is 6. The summed E-state index contributed by atoms with van der Waals surface area (Å²) < 4.78 is 0. The van der Waals surface area contributed by atoms with E-state index in [1.807, 2.05) is 30.0 Å². The second kappa shape index (κ2) is 9.34. The Labute approximate surface area is 206 Å². The molecular weight excluding hydrogens is 468 g/mol. The topological polar surface area (TPSA) is 106 Å². The first-order chi connectivity index (χ1) is 16.9. The number of aryl methyl sites for hydroxylation is 1. The van der Waals surface area contributed by atoms with Crippen molar-refractivity contribution in [3.8, 4) is 5.69 Å². The van der Waals surface area contributed by atoms with Crippen molar-refractivity contribution >= 4 is 45.6 Å². The lowest BCUT2D eigenvalue weighted by molar-refractivity contribution is -0.384. The standard InChI is InChI=1S/C25H23ClN6O3/c1-16-13-21-22(29-31(28-21)19-8-6-18(26)7-9-19)15-20(16)27-25(33)17-5-10-23(24(14-17)32(34)35)30-11-3-2-4-12-30/h5-10,13-15H,2-4,11-12H2,1H3,(H,27,33). The van der Waals surface area contributed by atoms with Crippen molar-refractivity contribution in [3.63, 3.8) is 0 Å². The van der Waals surface area contributed by atoms with Crippen LogP contribution in [0.1, 0.15) is 35.2 Å². The van der Waals surface area contributed by atoms with E-state index in [1.165, 1.54) is 10.9 Å². The molecule has 0 bridgehead atoms. The maximum atomic E-state index is 13.0. The third-order valence-electron chi connectivity index (χ3n) is 6.16. The minimum Gasteiger partial charge on any atom is -0.366 e. The van der Waals surface area contributed by atoms with E-state index in [4.69, 9.17) is 11.6 Å². The molecule has 1 aliphatic rings. The predicted molar refractivity (Wildman–Crippen MR) is 136 cm³/mol. The molecule has 0 unspecified atom stereocenters. The monoisotopic (exact) mass is 490 g/mol. The molecule has 1 amide bonds. The number of anilines is 2. The van der Waals surface area contributed by atoms with Crippen LogP contribution in [0.15, 0.2) is 54.6 Å². The molecule has 0 radical (unpaired) electrons. The van der Waals surface area contributed by atoms with Gasteiger partial charge in [0.05, 0.1) is 10.6 Å². The van der Waals surface area contributed by atoms with Gasteiger partial charge in [-0.15, -0.1) is 10.2 Å². The molecule has 9 nitrogen and oxygen atoms in total. The van der Waals surface area contributed by atoms with Gasteiger partial charge in [-0.2, -0.15) is 4.80 Å².